The molecule has 1 amide bonds. The second-order valence-electron chi connectivity index (χ2n) is 5.82. The number of hydrogen-bond acceptors (Lipinski definition) is 6. The van der Waals surface area contributed by atoms with Crippen molar-refractivity contribution in [1.29, 1.82) is 5.26 Å². The van der Waals surface area contributed by atoms with Gasteiger partial charge in [-0.1, -0.05) is 42.1 Å². The Balaban J connectivity index is 1.67. The topological polar surface area (TPSA) is 87.7 Å². The molecule has 0 saturated carbocycles. The van der Waals surface area contributed by atoms with Crippen molar-refractivity contribution in [3.63, 3.8) is 0 Å². The average molecular weight is 396 g/mol. The molecule has 142 valence electrons. The van der Waals surface area contributed by atoms with E-state index in [1.807, 2.05) is 36.4 Å². The Morgan fingerprint density at radius 2 is 1.93 bits per heavy atom. The molecule has 0 aliphatic heterocycles. The normalized spacial score (nSPS) is 10.4. The molecule has 0 N–H and O–H groups in total. The highest BCUT2D eigenvalue weighted by atomic mass is 32.2. The number of nitriles is 1. The summed E-state index contributed by atoms with van der Waals surface area (Å²) in [5.41, 5.74) is 1.59. The largest absolute Gasteiger partial charge is 0.311 e. The first-order valence-corrected chi connectivity index (χ1v) is 9.51. The number of hydrogen-bond donors (Lipinski definition) is 0. The third kappa shape index (κ3) is 5.14. The molecule has 0 aliphatic rings. The molecule has 3 rings (SSSR count). The highest BCUT2D eigenvalue weighted by molar-refractivity contribution is 7.99. The summed E-state index contributed by atoms with van der Waals surface area (Å²) in [6.07, 6.45) is 0.180. The number of anilines is 1. The van der Waals surface area contributed by atoms with E-state index < -0.39 is 0 Å². The maximum atomic E-state index is 13.2. The number of aromatic nitrogens is 4. The standard InChI is InChI=1S/C19H17FN6OS/c20-16-7-9-17(10-8-16)25(12-4-11-21)18(27)14-28-19-22-23-24-26(19)13-15-5-2-1-3-6-15/h1-3,5-10H,4,12-14H2. The van der Waals surface area contributed by atoms with Gasteiger partial charge in [0.05, 0.1) is 24.8 Å². The Morgan fingerprint density at radius 3 is 2.64 bits per heavy atom. The highest BCUT2D eigenvalue weighted by Gasteiger charge is 2.18. The van der Waals surface area contributed by atoms with Crippen molar-refractivity contribution in [3.8, 4) is 6.07 Å². The number of nitrogens with zero attached hydrogens (tertiary/aromatic N) is 6. The van der Waals surface area contributed by atoms with Crippen LogP contribution in [-0.2, 0) is 11.3 Å². The fourth-order valence-electron chi connectivity index (χ4n) is 2.54. The molecule has 0 saturated heterocycles. The van der Waals surface area contributed by atoms with E-state index in [1.165, 1.54) is 40.9 Å². The first kappa shape index (κ1) is 19.5. The van der Waals surface area contributed by atoms with Crippen molar-refractivity contribution in [2.75, 3.05) is 17.2 Å². The Kier molecular flexibility index (Phi) is 6.70. The molecule has 9 heteroatoms. The molecule has 0 fully saturated rings. The lowest BCUT2D eigenvalue weighted by Crippen LogP contribution is -2.33. The highest BCUT2D eigenvalue weighted by Crippen LogP contribution is 2.20. The van der Waals surface area contributed by atoms with E-state index in [0.717, 1.165) is 5.56 Å². The minimum atomic E-state index is -0.383. The monoisotopic (exact) mass is 396 g/mol. The van der Waals surface area contributed by atoms with Gasteiger partial charge >= 0.3 is 0 Å². The second kappa shape index (κ2) is 9.62. The summed E-state index contributed by atoms with van der Waals surface area (Å²) in [4.78, 5) is 14.2. The summed E-state index contributed by atoms with van der Waals surface area (Å²) in [6.45, 7) is 0.733. The van der Waals surface area contributed by atoms with Gasteiger partial charge in [-0.25, -0.2) is 9.07 Å². The molecule has 7 nitrogen and oxygen atoms in total. The Labute approximate surface area is 165 Å². The quantitative estimate of drug-likeness (QED) is 0.544. The number of tetrazole rings is 1. The average Bonchev–Trinajstić information content (AvgIpc) is 3.15. The minimum absolute atomic E-state index is 0.0952. The van der Waals surface area contributed by atoms with Crippen LogP contribution in [-0.4, -0.2) is 38.4 Å². The predicted octanol–water partition coefficient (Wildman–Crippen LogP) is 2.90. The van der Waals surface area contributed by atoms with Gasteiger partial charge in [0.2, 0.25) is 11.1 Å². The van der Waals surface area contributed by atoms with Crippen molar-refractivity contribution >= 4 is 23.4 Å². The van der Waals surface area contributed by atoms with Gasteiger partial charge < -0.3 is 4.90 Å². The molecule has 0 aliphatic carbocycles. The molecular weight excluding hydrogens is 379 g/mol. The van der Waals surface area contributed by atoms with Gasteiger partial charge in [-0.2, -0.15) is 5.26 Å². The van der Waals surface area contributed by atoms with Crippen LogP contribution < -0.4 is 4.90 Å². The third-order valence-electron chi connectivity index (χ3n) is 3.89. The molecule has 0 spiro atoms. The maximum Gasteiger partial charge on any atom is 0.237 e. The summed E-state index contributed by atoms with van der Waals surface area (Å²) >= 11 is 1.22. The van der Waals surface area contributed by atoms with E-state index in [1.54, 1.807) is 4.68 Å². The second-order valence-corrected chi connectivity index (χ2v) is 6.77. The molecule has 0 bridgehead atoms. The van der Waals surface area contributed by atoms with Crippen LogP contribution in [0, 0.1) is 17.1 Å². The zero-order valence-electron chi connectivity index (χ0n) is 14.9. The van der Waals surface area contributed by atoms with E-state index in [4.69, 9.17) is 5.26 Å². The number of rotatable bonds is 8. The number of halogens is 1. The van der Waals surface area contributed by atoms with Gasteiger partial charge in [-0.3, -0.25) is 4.79 Å². The Bertz CT molecular complexity index is 955. The number of carbonyl (C=O) groups excluding carboxylic acids is 1. The first-order chi connectivity index (χ1) is 13.7. The Hall–Kier alpha value is -3.25. The van der Waals surface area contributed by atoms with Crippen molar-refractivity contribution < 1.29 is 9.18 Å². The van der Waals surface area contributed by atoms with Crippen LogP contribution in [0.5, 0.6) is 0 Å². The molecular formula is C19H17FN6OS. The zero-order chi connectivity index (χ0) is 19.8. The number of carbonyl (C=O) groups is 1. The number of benzene rings is 2. The van der Waals surface area contributed by atoms with Gasteiger partial charge in [0.25, 0.3) is 0 Å². The molecule has 28 heavy (non-hydrogen) atoms. The van der Waals surface area contributed by atoms with E-state index in [-0.39, 0.29) is 30.4 Å². The fraction of sp³-hybridized carbons (Fsp3) is 0.211. The maximum absolute atomic E-state index is 13.2. The van der Waals surface area contributed by atoms with E-state index in [9.17, 15) is 9.18 Å². The smallest absolute Gasteiger partial charge is 0.237 e. The predicted molar refractivity (Wildman–Crippen MR) is 103 cm³/mol. The molecule has 0 unspecified atom stereocenters. The molecule has 1 aromatic heterocycles. The molecule has 0 atom stereocenters. The van der Waals surface area contributed by atoms with Crippen LogP contribution in [0.1, 0.15) is 12.0 Å². The zero-order valence-corrected chi connectivity index (χ0v) is 15.7. The van der Waals surface area contributed by atoms with Gasteiger partial charge in [0.1, 0.15) is 5.82 Å². The van der Waals surface area contributed by atoms with Gasteiger partial charge in [0, 0.05) is 12.2 Å². The van der Waals surface area contributed by atoms with E-state index in [0.29, 0.717) is 17.4 Å². The molecule has 1 heterocycles. The van der Waals surface area contributed by atoms with Gasteiger partial charge in [-0.15, -0.1) is 5.10 Å². The number of thioether (sulfide) groups is 1. The van der Waals surface area contributed by atoms with Crippen molar-refractivity contribution in [1.82, 2.24) is 20.2 Å². The number of amides is 1. The minimum Gasteiger partial charge on any atom is -0.311 e. The summed E-state index contributed by atoms with van der Waals surface area (Å²) in [7, 11) is 0. The Morgan fingerprint density at radius 1 is 1.18 bits per heavy atom. The first-order valence-electron chi connectivity index (χ1n) is 8.53. The van der Waals surface area contributed by atoms with Crippen molar-refractivity contribution in [3.05, 3.63) is 66.0 Å². The van der Waals surface area contributed by atoms with Gasteiger partial charge in [-0.05, 0) is 40.3 Å². The van der Waals surface area contributed by atoms with Crippen molar-refractivity contribution in [2.45, 2.75) is 18.1 Å². The molecule has 0 radical (unpaired) electrons. The van der Waals surface area contributed by atoms with Crippen LogP contribution in [0.2, 0.25) is 0 Å². The van der Waals surface area contributed by atoms with Gasteiger partial charge in [0.15, 0.2) is 0 Å². The lowest BCUT2D eigenvalue weighted by molar-refractivity contribution is -0.116. The lowest BCUT2D eigenvalue weighted by Gasteiger charge is -2.21. The molecule has 2 aromatic carbocycles. The van der Waals surface area contributed by atoms with Crippen LogP contribution in [0.4, 0.5) is 10.1 Å². The fourth-order valence-corrected chi connectivity index (χ4v) is 3.29. The van der Waals surface area contributed by atoms with E-state index in [2.05, 4.69) is 15.5 Å². The third-order valence-corrected chi connectivity index (χ3v) is 4.83. The SMILES string of the molecule is N#CCCN(C(=O)CSc1nnnn1Cc1ccccc1)c1ccc(F)cc1. The lowest BCUT2D eigenvalue weighted by atomic mass is 10.2. The summed E-state index contributed by atoms with van der Waals surface area (Å²) in [6, 6.07) is 17.4. The summed E-state index contributed by atoms with van der Waals surface area (Å²) < 4.78 is 14.8. The summed E-state index contributed by atoms with van der Waals surface area (Å²) in [5, 5.41) is 21.0. The van der Waals surface area contributed by atoms with Crippen LogP contribution in [0.15, 0.2) is 59.8 Å². The van der Waals surface area contributed by atoms with Crippen LogP contribution in [0.3, 0.4) is 0 Å². The van der Waals surface area contributed by atoms with E-state index >= 15 is 0 Å². The summed E-state index contributed by atoms with van der Waals surface area (Å²) in [5.74, 6) is -0.496. The van der Waals surface area contributed by atoms with Crippen molar-refractivity contribution in [2.24, 2.45) is 0 Å². The van der Waals surface area contributed by atoms with Crippen LogP contribution in [0.25, 0.3) is 0 Å². The van der Waals surface area contributed by atoms with Crippen LogP contribution >= 0.6 is 11.8 Å². The molecule has 3 aromatic rings.